The molecule has 1 amide bonds. The van der Waals surface area contributed by atoms with E-state index in [1.54, 1.807) is 0 Å². The van der Waals surface area contributed by atoms with Gasteiger partial charge in [0, 0.05) is 12.6 Å². The molecule has 10 heavy (non-hydrogen) atoms. The van der Waals surface area contributed by atoms with E-state index in [-0.39, 0.29) is 0 Å². The molecular weight excluding hydrogens is 128 g/mol. The lowest BCUT2D eigenvalue weighted by Gasteiger charge is -2.11. The average Bonchev–Trinajstić information content (AvgIpc) is 2.17. The summed E-state index contributed by atoms with van der Waals surface area (Å²) in [5.74, 6) is 0. The fourth-order valence-electron chi connectivity index (χ4n) is 1.26. The van der Waals surface area contributed by atoms with Crippen LogP contribution in [0.4, 0.5) is 0 Å². The van der Waals surface area contributed by atoms with E-state index in [1.165, 1.54) is 12.8 Å². The second-order valence-corrected chi connectivity index (χ2v) is 2.68. The van der Waals surface area contributed by atoms with Gasteiger partial charge >= 0.3 is 0 Å². The predicted molar refractivity (Wildman–Crippen MR) is 39.7 cm³/mol. The standard InChI is InChI=1S/C7H14N2O/c10-6-9-7-3-1-2-4-8-5-7/h6-8H,1-5H2,(H,9,10)/t7-/m1/s1. The van der Waals surface area contributed by atoms with Crippen LogP contribution in [-0.2, 0) is 4.79 Å². The van der Waals surface area contributed by atoms with Crippen LogP contribution in [0.15, 0.2) is 0 Å². The second kappa shape index (κ2) is 4.28. The first kappa shape index (κ1) is 7.54. The molecule has 58 valence electrons. The van der Waals surface area contributed by atoms with Crippen molar-refractivity contribution >= 4 is 6.41 Å². The molecule has 0 radical (unpaired) electrons. The molecule has 1 aliphatic heterocycles. The summed E-state index contributed by atoms with van der Waals surface area (Å²) in [5.41, 5.74) is 0. The molecule has 1 atom stereocenters. The highest BCUT2D eigenvalue weighted by molar-refractivity contribution is 5.46. The molecule has 0 spiro atoms. The number of nitrogens with one attached hydrogen (secondary N) is 2. The minimum absolute atomic E-state index is 0.361. The number of hydrogen-bond acceptors (Lipinski definition) is 2. The monoisotopic (exact) mass is 142 g/mol. The van der Waals surface area contributed by atoms with E-state index >= 15 is 0 Å². The molecule has 1 aliphatic rings. The molecule has 3 nitrogen and oxygen atoms in total. The molecule has 0 aromatic heterocycles. The maximum absolute atomic E-state index is 10.0. The Morgan fingerprint density at radius 1 is 1.50 bits per heavy atom. The molecule has 0 saturated carbocycles. The second-order valence-electron chi connectivity index (χ2n) is 2.68. The van der Waals surface area contributed by atoms with Crippen LogP contribution < -0.4 is 10.6 Å². The molecule has 1 rings (SSSR count). The first-order valence-electron chi connectivity index (χ1n) is 3.84. The van der Waals surface area contributed by atoms with Gasteiger partial charge in [0.15, 0.2) is 0 Å². The van der Waals surface area contributed by atoms with E-state index in [4.69, 9.17) is 0 Å². The lowest BCUT2D eigenvalue weighted by molar-refractivity contribution is -0.110. The van der Waals surface area contributed by atoms with Crippen LogP contribution >= 0.6 is 0 Å². The van der Waals surface area contributed by atoms with Crippen LogP contribution in [0.2, 0.25) is 0 Å². The largest absolute Gasteiger partial charge is 0.355 e. The van der Waals surface area contributed by atoms with Gasteiger partial charge < -0.3 is 10.6 Å². The van der Waals surface area contributed by atoms with E-state index in [1.807, 2.05) is 0 Å². The summed E-state index contributed by atoms with van der Waals surface area (Å²) in [5, 5.41) is 6.04. The van der Waals surface area contributed by atoms with Gasteiger partial charge in [0.05, 0.1) is 0 Å². The Balaban J connectivity index is 2.21. The fraction of sp³-hybridized carbons (Fsp3) is 0.857. The molecular formula is C7H14N2O. The van der Waals surface area contributed by atoms with Crippen LogP contribution in [0.5, 0.6) is 0 Å². The molecule has 0 unspecified atom stereocenters. The molecule has 1 saturated heterocycles. The lowest BCUT2D eigenvalue weighted by atomic mass is 10.1. The van der Waals surface area contributed by atoms with E-state index in [0.29, 0.717) is 6.04 Å². The number of rotatable bonds is 2. The van der Waals surface area contributed by atoms with Crippen LogP contribution in [0.1, 0.15) is 19.3 Å². The third-order valence-corrected chi connectivity index (χ3v) is 1.85. The van der Waals surface area contributed by atoms with Crippen LogP contribution in [0.25, 0.3) is 0 Å². The van der Waals surface area contributed by atoms with E-state index < -0.39 is 0 Å². The Kier molecular flexibility index (Phi) is 3.22. The van der Waals surface area contributed by atoms with Gasteiger partial charge in [0.2, 0.25) is 6.41 Å². The van der Waals surface area contributed by atoms with Gasteiger partial charge in [-0.15, -0.1) is 0 Å². The molecule has 0 bridgehead atoms. The molecule has 1 heterocycles. The van der Waals surface area contributed by atoms with Crippen molar-refractivity contribution in [3.63, 3.8) is 0 Å². The lowest BCUT2D eigenvalue weighted by Crippen LogP contribution is -2.36. The Hall–Kier alpha value is -0.570. The van der Waals surface area contributed by atoms with Gasteiger partial charge in [-0.05, 0) is 19.4 Å². The normalized spacial score (nSPS) is 27.0. The summed E-state index contributed by atoms with van der Waals surface area (Å²) in [7, 11) is 0. The molecule has 0 aromatic carbocycles. The molecule has 3 heteroatoms. The summed E-state index contributed by atoms with van der Waals surface area (Å²) in [6.07, 6.45) is 4.36. The third kappa shape index (κ3) is 2.35. The minimum atomic E-state index is 0.361. The van der Waals surface area contributed by atoms with E-state index in [2.05, 4.69) is 10.6 Å². The first-order valence-corrected chi connectivity index (χ1v) is 3.84. The highest BCUT2D eigenvalue weighted by atomic mass is 16.1. The van der Waals surface area contributed by atoms with Crippen molar-refractivity contribution in [2.75, 3.05) is 13.1 Å². The highest BCUT2D eigenvalue weighted by Crippen LogP contribution is 2.02. The Labute approximate surface area is 61.2 Å². The number of carbonyl (C=O) groups is 1. The zero-order valence-corrected chi connectivity index (χ0v) is 6.10. The first-order chi connectivity index (χ1) is 4.93. The third-order valence-electron chi connectivity index (χ3n) is 1.85. The van der Waals surface area contributed by atoms with Gasteiger partial charge in [-0.25, -0.2) is 0 Å². The SMILES string of the molecule is O=CN[C@@H]1CCCCNC1. The Morgan fingerprint density at radius 3 is 3.20 bits per heavy atom. The smallest absolute Gasteiger partial charge is 0.207 e. The van der Waals surface area contributed by atoms with Crippen molar-refractivity contribution in [3.05, 3.63) is 0 Å². The summed E-state index contributed by atoms with van der Waals surface area (Å²) in [6, 6.07) is 0.361. The molecule has 1 fully saturated rings. The number of amides is 1. The summed E-state index contributed by atoms with van der Waals surface area (Å²) < 4.78 is 0. The zero-order chi connectivity index (χ0) is 7.23. The minimum Gasteiger partial charge on any atom is -0.355 e. The van der Waals surface area contributed by atoms with Crippen LogP contribution in [-0.4, -0.2) is 25.5 Å². The maximum atomic E-state index is 10.0. The van der Waals surface area contributed by atoms with Crippen molar-refractivity contribution in [3.8, 4) is 0 Å². The van der Waals surface area contributed by atoms with Crippen molar-refractivity contribution in [2.24, 2.45) is 0 Å². The summed E-state index contributed by atoms with van der Waals surface area (Å²) in [4.78, 5) is 10.0. The van der Waals surface area contributed by atoms with Crippen LogP contribution in [0, 0.1) is 0 Å². The molecule has 2 N–H and O–H groups in total. The summed E-state index contributed by atoms with van der Waals surface area (Å²) in [6.45, 7) is 2.02. The fourth-order valence-corrected chi connectivity index (χ4v) is 1.26. The van der Waals surface area contributed by atoms with Crippen molar-refractivity contribution in [1.82, 2.24) is 10.6 Å². The quantitative estimate of drug-likeness (QED) is 0.527. The predicted octanol–water partition coefficient (Wildman–Crippen LogP) is -0.126. The van der Waals surface area contributed by atoms with Crippen molar-refractivity contribution in [2.45, 2.75) is 25.3 Å². The number of hydrogen-bond donors (Lipinski definition) is 2. The van der Waals surface area contributed by atoms with Gasteiger partial charge in [-0.2, -0.15) is 0 Å². The van der Waals surface area contributed by atoms with Crippen molar-refractivity contribution < 1.29 is 4.79 Å². The van der Waals surface area contributed by atoms with Gasteiger partial charge in [-0.3, -0.25) is 4.79 Å². The molecule has 0 aliphatic carbocycles. The van der Waals surface area contributed by atoms with Gasteiger partial charge in [0.1, 0.15) is 0 Å². The van der Waals surface area contributed by atoms with Crippen LogP contribution in [0.3, 0.4) is 0 Å². The van der Waals surface area contributed by atoms with E-state index in [9.17, 15) is 4.79 Å². The zero-order valence-electron chi connectivity index (χ0n) is 6.10. The van der Waals surface area contributed by atoms with Gasteiger partial charge in [-0.1, -0.05) is 6.42 Å². The van der Waals surface area contributed by atoms with E-state index in [0.717, 1.165) is 25.9 Å². The average molecular weight is 142 g/mol. The van der Waals surface area contributed by atoms with Gasteiger partial charge in [0.25, 0.3) is 0 Å². The Bertz CT molecular complexity index is 97.8. The number of carbonyl (C=O) groups excluding carboxylic acids is 1. The van der Waals surface area contributed by atoms with Crippen molar-refractivity contribution in [1.29, 1.82) is 0 Å². The maximum Gasteiger partial charge on any atom is 0.207 e. The Morgan fingerprint density at radius 2 is 2.40 bits per heavy atom. The molecule has 0 aromatic rings. The topological polar surface area (TPSA) is 41.1 Å². The summed E-state index contributed by atoms with van der Waals surface area (Å²) >= 11 is 0. The highest BCUT2D eigenvalue weighted by Gasteiger charge is 2.08.